The SMILES string of the molecule is CC1C2CC[I-]CCC2CCN1C(=O)/C(C#N)=C/c1cccc(F)c1F. The first kappa shape index (κ1) is 19.3. The molecule has 1 aromatic rings. The number of alkyl halides is 2. The molecular formula is C20H22F2IN2O-. The Morgan fingerprint density at radius 3 is 2.85 bits per heavy atom. The first-order valence-electron chi connectivity index (χ1n) is 8.93. The summed E-state index contributed by atoms with van der Waals surface area (Å²) < 4.78 is 29.9. The summed E-state index contributed by atoms with van der Waals surface area (Å²) in [6.07, 6.45) is 4.56. The fraction of sp³-hybridized carbons (Fsp3) is 0.500. The van der Waals surface area contributed by atoms with Gasteiger partial charge in [-0.15, -0.1) is 0 Å². The number of carbonyl (C=O) groups excluding carboxylic acids is 1. The van der Waals surface area contributed by atoms with Gasteiger partial charge in [0.2, 0.25) is 0 Å². The van der Waals surface area contributed by atoms with E-state index in [1.165, 1.54) is 27.4 Å². The Morgan fingerprint density at radius 2 is 2.08 bits per heavy atom. The predicted octanol–water partition coefficient (Wildman–Crippen LogP) is 0.608. The summed E-state index contributed by atoms with van der Waals surface area (Å²) in [6, 6.07) is 5.72. The third-order valence-electron chi connectivity index (χ3n) is 5.54. The number of likely N-dealkylation sites (tertiary alicyclic amines) is 1. The molecule has 0 radical (unpaired) electrons. The molecule has 1 amide bonds. The summed E-state index contributed by atoms with van der Waals surface area (Å²) in [4.78, 5) is 14.7. The Balaban J connectivity index is 1.83. The fourth-order valence-electron chi connectivity index (χ4n) is 4.07. The standard InChI is InChI=1S/C20H22F2IN2O/c1-13-17-6-9-23-8-5-14(17)7-10-25(13)20(26)16(12-24)11-15-3-2-4-18(21)19(15)22/h2-4,11,13-14,17H,5-10H2,1H3/q-1/b16-11+. The quantitative estimate of drug-likeness (QED) is 0.275. The van der Waals surface area contributed by atoms with E-state index in [-0.39, 0.29) is 23.1 Å². The zero-order valence-electron chi connectivity index (χ0n) is 14.7. The second-order valence-electron chi connectivity index (χ2n) is 6.91. The molecule has 3 atom stereocenters. The van der Waals surface area contributed by atoms with E-state index in [0.29, 0.717) is 39.6 Å². The minimum atomic E-state index is -1.03. The Labute approximate surface area is 163 Å². The van der Waals surface area contributed by atoms with Crippen molar-refractivity contribution in [2.45, 2.75) is 32.2 Å². The molecule has 2 saturated heterocycles. The molecule has 2 heterocycles. The van der Waals surface area contributed by atoms with Gasteiger partial charge in [-0.1, -0.05) is 0 Å². The molecule has 3 rings (SSSR count). The van der Waals surface area contributed by atoms with Gasteiger partial charge in [-0.05, 0) is 0 Å². The van der Waals surface area contributed by atoms with E-state index in [1.807, 2.05) is 6.07 Å². The van der Waals surface area contributed by atoms with E-state index >= 15 is 0 Å². The van der Waals surface area contributed by atoms with Crippen molar-refractivity contribution in [1.29, 1.82) is 5.26 Å². The van der Waals surface area contributed by atoms with E-state index in [1.54, 1.807) is 4.90 Å². The van der Waals surface area contributed by atoms with Crippen molar-refractivity contribution in [3.05, 3.63) is 41.0 Å². The maximum absolute atomic E-state index is 13.9. The minimum absolute atomic E-state index is 0.0725. The van der Waals surface area contributed by atoms with Gasteiger partial charge in [0.05, 0.1) is 0 Å². The van der Waals surface area contributed by atoms with Crippen molar-refractivity contribution in [2.75, 3.05) is 15.4 Å². The molecule has 0 spiro atoms. The van der Waals surface area contributed by atoms with Crippen LogP contribution in [0.15, 0.2) is 23.8 Å². The molecule has 3 unspecified atom stereocenters. The Kier molecular flexibility index (Phi) is 6.28. The van der Waals surface area contributed by atoms with Crippen LogP contribution in [0.1, 0.15) is 31.7 Å². The number of nitriles is 1. The van der Waals surface area contributed by atoms with Crippen LogP contribution in [0.3, 0.4) is 0 Å². The summed E-state index contributed by atoms with van der Waals surface area (Å²) in [5.41, 5.74) is -0.211. The van der Waals surface area contributed by atoms with Crippen LogP contribution in [0.5, 0.6) is 0 Å². The van der Waals surface area contributed by atoms with Crippen LogP contribution in [0.4, 0.5) is 8.78 Å². The molecule has 0 bridgehead atoms. The summed E-state index contributed by atoms with van der Waals surface area (Å²) >= 11 is 0.297. The first-order valence-corrected chi connectivity index (χ1v) is 12.0. The molecule has 0 aromatic heterocycles. The second kappa shape index (κ2) is 8.47. The number of piperidine rings is 1. The first-order chi connectivity index (χ1) is 12.5. The van der Waals surface area contributed by atoms with Crippen LogP contribution < -0.4 is 21.2 Å². The molecule has 3 nitrogen and oxygen atoms in total. The van der Waals surface area contributed by atoms with Gasteiger partial charge in [0, 0.05) is 0 Å². The Morgan fingerprint density at radius 1 is 1.31 bits per heavy atom. The number of rotatable bonds is 2. The van der Waals surface area contributed by atoms with Gasteiger partial charge in [-0.25, -0.2) is 0 Å². The van der Waals surface area contributed by atoms with Crippen molar-refractivity contribution in [2.24, 2.45) is 11.8 Å². The monoisotopic (exact) mass is 471 g/mol. The molecule has 2 aliphatic rings. The number of nitrogens with zero attached hydrogens (tertiary/aromatic N) is 2. The van der Waals surface area contributed by atoms with Crippen LogP contribution in [-0.4, -0.2) is 32.2 Å². The summed E-state index contributed by atoms with van der Waals surface area (Å²) in [7, 11) is 0. The number of halogens is 3. The Hall–Kier alpha value is -1.49. The average molecular weight is 471 g/mol. The Bertz CT molecular complexity index is 759. The molecule has 1 aromatic carbocycles. The summed E-state index contributed by atoms with van der Waals surface area (Å²) in [5.74, 6) is -1.24. The third-order valence-corrected chi connectivity index (χ3v) is 8.31. The van der Waals surface area contributed by atoms with E-state index < -0.39 is 11.6 Å². The normalized spacial score (nSPS) is 26.9. The van der Waals surface area contributed by atoms with Gasteiger partial charge < -0.3 is 0 Å². The number of hydrogen-bond donors (Lipinski definition) is 0. The van der Waals surface area contributed by atoms with Gasteiger partial charge in [0.15, 0.2) is 0 Å². The maximum atomic E-state index is 13.9. The summed E-state index contributed by atoms with van der Waals surface area (Å²) in [6.45, 7) is 2.69. The van der Waals surface area contributed by atoms with E-state index in [2.05, 4.69) is 6.92 Å². The molecule has 0 N–H and O–H groups in total. The molecule has 2 aliphatic heterocycles. The molecular weight excluding hydrogens is 449 g/mol. The van der Waals surface area contributed by atoms with Gasteiger partial charge in [0.25, 0.3) is 0 Å². The van der Waals surface area contributed by atoms with Crippen molar-refractivity contribution >= 4 is 12.0 Å². The van der Waals surface area contributed by atoms with Crippen LogP contribution in [0, 0.1) is 34.8 Å². The number of hydrogen-bond acceptors (Lipinski definition) is 2. The van der Waals surface area contributed by atoms with Crippen LogP contribution in [0.25, 0.3) is 6.08 Å². The van der Waals surface area contributed by atoms with E-state index in [4.69, 9.17) is 0 Å². The molecule has 0 saturated carbocycles. The second-order valence-corrected chi connectivity index (χ2v) is 10.1. The number of fused-ring (bicyclic) bond motifs is 1. The van der Waals surface area contributed by atoms with Gasteiger partial charge >= 0.3 is 163 Å². The molecule has 140 valence electrons. The van der Waals surface area contributed by atoms with Crippen molar-refractivity contribution in [1.82, 2.24) is 4.90 Å². The van der Waals surface area contributed by atoms with E-state index in [9.17, 15) is 18.8 Å². The van der Waals surface area contributed by atoms with Gasteiger partial charge in [0.1, 0.15) is 0 Å². The summed E-state index contributed by atoms with van der Waals surface area (Å²) in [5, 5.41) is 9.43. The van der Waals surface area contributed by atoms with Crippen molar-refractivity contribution in [3.8, 4) is 6.07 Å². The van der Waals surface area contributed by atoms with Crippen molar-refractivity contribution < 1.29 is 34.8 Å². The number of amides is 1. The van der Waals surface area contributed by atoms with Crippen molar-refractivity contribution in [3.63, 3.8) is 0 Å². The number of benzene rings is 1. The molecule has 0 aliphatic carbocycles. The fourth-order valence-corrected chi connectivity index (χ4v) is 7.01. The van der Waals surface area contributed by atoms with Gasteiger partial charge in [-0.2, -0.15) is 0 Å². The van der Waals surface area contributed by atoms with Crippen LogP contribution >= 0.6 is 0 Å². The van der Waals surface area contributed by atoms with Gasteiger partial charge in [-0.3, -0.25) is 0 Å². The van der Waals surface area contributed by atoms with E-state index in [0.717, 1.165) is 25.0 Å². The third kappa shape index (κ3) is 3.93. The zero-order chi connectivity index (χ0) is 18.7. The molecule has 26 heavy (non-hydrogen) atoms. The molecule has 6 heteroatoms. The zero-order valence-corrected chi connectivity index (χ0v) is 16.9. The predicted molar refractivity (Wildman–Crippen MR) is 91.7 cm³/mol. The molecule has 2 fully saturated rings. The topological polar surface area (TPSA) is 44.1 Å². The van der Waals surface area contributed by atoms with Crippen LogP contribution in [0.2, 0.25) is 0 Å². The average Bonchev–Trinajstić information content (AvgIpc) is 2.89. The number of carbonyl (C=O) groups is 1. The van der Waals surface area contributed by atoms with Crippen LogP contribution in [-0.2, 0) is 4.79 Å².